The van der Waals surface area contributed by atoms with Gasteiger partial charge in [0, 0.05) is 29.4 Å². The molecular weight excluding hydrogens is 404 g/mol. The zero-order chi connectivity index (χ0) is 22.6. The lowest BCUT2D eigenvalue weighted by Crippen LogP contribution is -2.63. The summed E-state index contributed by atoms with van der Waals surface area (Å²) >= 11 is 0. The summed E-state index contributed by atoms with van der Waals surface area (Å²) in [7, 11) is 1.30. The Kier molecular flexibility index (Phi) is 5.24. The number of furan rings is 1. The first kappa shape index (κ1) is 21.6. The van der Waals surface area contributed by atoms with Crippen LogP contribution in [0, 0.1) is 22.7 Å². The summed E-state index contributed by atoms with van der Waals surface area (Å²) in [5.74, 6) is -2.40. The second kappa shape index (κ2) is 7.51. The van der Waals surface area contributed by atoms with Gasteiger partial charge in [-0.05, 0) is 36.8 Å². The van der Waals surface area contributed by atoms with E-state index in [0.29, 0.717) is 24.8 Å². The second-order valence-electron chi connectivity index (χ2n) is 9.32. The Morgan fingerprint density at radius 3 is 2.65 bits per heavy atom. The van der Waals surface area contributed by atoms with Crippen molar-refractivity contribution in [3.05, 3.63) is 35.8 Å². The summed E-state index contributed by atoms with van der Waals surface area (Å²) in [6.45, 7) is 5.13. The quantitative estimate of drug-likeness (QED) is 0.573. The molecule has 2 heterocycles. The van der Waals surface area contributed by atoms with Crippen molar-refractivity contribution in [3.63, 3.8) is 0 Å². The van der Waals surface area contributed by atoms with E-state index in [0.717, 1.165) is 5.56 Å². The molecule has 8 heteroatoms. The van der Waals surface area contributed by atoms with Crippen LogP contribution in [-0.4, -0.2) is 42.3 Å². The number of hydrogen-bond donors (Lipinski definition) is 1. The van der Waals surface area contributed by atoms with Gasteiger partial charge in [0.15, 0.2) is 0 Å². The Balaban J connectivity index is 1.82. The van der Waals surface area contributed by atoms with Crippen molar-refractivity contribution in [2.45, 2.75) is 58.3 Å². The van der Waals surface area contributed by atoms with Crippen molar-refractivity contribution in [1.29, 1.82) is 0 Å². The van der Waals surface area contributed by atoms with Crippen molar-refractivity contribution in [2.24, 2.45) is 22.7 Å². The highest BCUT2D eigenvalue weighted by atomic mass is 16.6. The van der Waals surface area contributed by atoms with Gasteiger partial charge in [0.05, 0.1) is 31.7 Å². The molecule has 2 aliphatic carbocycles. The van der Waals surface area contributed by atoms with E-state index >= 15 is 0 Å². The van der Waals surface area contributed by atoms with Crippen molar-refractivity contribution in [2.75, 3.05) is 7.11 Å². The Morgan fingerprint density at radius 1 is 1.29 bits per heavy atom. The minimum Gasteiger partial charge on any atom is -0.472 e. The maximum atomic E-state index is 13.0. The molecule has 0 amide bonds. The molecule has 0 radical (unpaired) electrons. The number of methoxy groups -OCH3 is 1. The number of hydrogen-bond acceptors (Lipinski definition) is 8. The van der Waals surface area contributed by atoms with Gasteiger partial charge in [0.1, 0.15) is 12.2 Å². The summed E-state index contributed by atoms with van der Waals surface area (Å²) in [5.41, 5.74) is -0.358. The molecule has 1 N–H and O–H groups in total. The van der Waals surface area contributed by atoms with Crippen molar-refractivity contribution in [1.82, 2.24) is 0 Å². The molecule has 1 aromatic heterocycles. The molecule has 1 unspecified atom stereocenters. The Labute approximate surface area is 180 Å². The third-order valence-corrected chi connectivity index (χ3v) is 7.56. The van der Waals surface area contributed by atoms with Crippen LogP contribution in [0.4, 0.5) is 0 Å². The van der Waals surface area contributed by atoms with Crippen LogP contribution < -0.4 is 0 Å². The van der Waals surface area contributed by atoms with Gasteiger partial charge in [-0.25, -0.2) is 4.79 Å². The summed E-state index contributed by atoms with van der Waals surface area (Å²) in [4.78, 5) is 37.5. The summed E-state index contributed by atoms with van der Waals surface area (Å²) in [5, 5.41) is 11.4. The Hall–Kier alpha value is -2.61. The molecule has 1 aromatic rings. The number of carbonyl (C=O) groups excluding carboxylic acids is 3. The van der Waals surface area contributed by atoms with Crippen LogP contribution in [-0.2, 0) is 28.6 Å². The number of aliphatic hydroxyl groups is 1. The first-order valence-electron chi connectivity index (χ1n) is 10.5. The zero-order valence-corrected chi connectivity index (χ0v) is 18.1. The molecule has 2 fully saturated rings. The highest BCUT2D eigenvalue weighted by Gasteiger charge is 2.65. The molecule has 31 heavy (non-hydrogen) atoms. The maximum Gasteiger partial charge on any atom is 0.334 e. The van der Waals surface area contributed by atoms with Crippen LogP contribution in [0.2, 0.25) is 0 Å². The van der Waals surface area contributed by atoms with Crippen LogP contribution >= 0.6 is 0 Å². The topological polar surface area (TPSA) is 112 Å². The third kappa shape index (κ3) is 3.28. The first-order chi connectivity index (χ1) is 14.6. The highest BCUT2D eigenvalue weighted by Crippen LogP contribution is 2.65. The molecule has 8 nitrogen and oxygen atoms in total. The highest BCUT2D eigenvalue weighted by molar-refractivity contribution is 5.91. The standard InChI is InChI=1S/C23H28O8/c1-12(24)30-16-9-15(20(26)28-4)22(2)7-5-14-21(27)31-17(13-6-8-29-11-13)10-23(14,3)19(22)18(16)25/h6,8-9,11,14,16-19,25H,5,7,10H2,1-4H3/t14-,16+,17+,18+,19?,22+,23+/m1/s1. The Morgan fingerprint density at radius 2 is 2.03 bits per heavy atom. The normalized spacial score (nSPS) is 39.5. The fourth-order valence-electron chi connectivity index (χ4n) is 6.26. The van der Waals surface area contributed by atoms with Gasteiger partial charge < -0.3 is 23.7 Å². The van der Waals surface area contributed by atoms with Crippen LogP contribution in [0.15, 0.2) is 34.7 Å². The summed E-state index contributed by atoms with van der Waals surface area (Å²) in [6, 6.07) is 1.75. The van der Waals surface area contributed by atoms with Crippen LogP contribution in [0.1, 0.15) is 51.7 Å². The van der Waals surface area contributed by atoms with Gasteiger partial charge >= 0.3 is 17.9 Å². The predicted octanol–water partition coefficient (Wildman–Crippen LogP) is 2.71. The van der Waals surface area contributed by atoms with E-state index in [1.807, 2.05) is 13.8 Å². The number of fused-ring (bicyclic) bond motifs is 3. The fourth-order valence-corrected chi connectivity index (χ4v) is 6.26. The molecule has 1 saturated carbocycles. The minimum absolute atomic E-state index is 0.326. The van der Waals surface area contributed by atoms with Crippen molar-refractivity contribution < 1.29 is 38.1 Å². The van der Waals surface area contributed by atoms with Crippen molar-refractivity contribution >= 4 is 17.9 Å². The number of cyclic esters (lactones) is 1. The van der Waals surface area contributed by atoms with Crippen molar-refractivity contribution in [3.8, 4) is 0 Å². The molecule has 0 spiro atoms. The van der Waals surface area contributed by atoms with Crippen LogP contribution in [0.25, 0.3) is 0 Å². The first-order valence-corrected chi connectivity index (χ1v) is 10.5. The predicted molar refractivity (Wildman–Crippen MR) is 106 cm³/mol. The summed E-state index contributed by atoms with van der Waals surface area (Å²) in [6.07, 6.45) is 3.40. The molecule has 1 saturated heterocycles. The van der Waals surface area contributed by atoms with Gasteiger partial charge in [0.2, 0.25) is 0 Å². The van der Waals surface area contributed by atoms with E-state index in [1.54, 1.807) is 12.3 Å². The van der Waals surface area contributed by atoms with E-state index in [2.05, 4.69) is 0 Å². The number of carbonyl (C=O) groups is 3. The Bertz CT molecular complexity index is 918. The maximum absolute atomic E-state index is 13.0. The van der Waals surface area contributed by atoms with Gasteiger partial charge in [-0.15, -0.1) is 0 Å². The zero-order valence-electron chi connectivity index (χ0n) is 18.1. The van der Waals surface area contributed by atoms with E-state index in [-0.39, 0.29) is 5.97 Å². The number of esters is 3. The average Bonchev–Trinajstić information content (AvgIpc) is 3.23. The molecule has 4 rings (SSSR count). The smallest absolute Gasteiger partial charge is 0.334 e. The monoisotopic (exact) mass is 432 g/mol. The van der Waals surface area contributed by atoms with Gasteiger partial charge in [0.25, 0.3) is 0 Å². The van der Waals surface area contributed by atoms with E-state index in [1.165, 1.54) is 26.4 Å². The minimum atomic E-state index is -1.09. The van der Waals surface area contributed by atoms with E-state index in [9.17, 15) is 19.5 Å². The molecule has 7 atom stereocenters. The molecule has 3 aliphatic rings. The van der Waals surface area contributed by atoms with Gasteiger partial charge in [-0.2, -0.15) is 0 Å². The SMILES string of the molecule is COC(=O)C1=C[C@H](OC(C)=O)[C@H](O)C2[C@@]1(C)CC[C@@H]1C(=O)O[C@H](c3ccoc3)C[C@]21C. The van der Waals surface area contributed by atoms with E-state index in [4.69, 9.17) is 18.6 Å². The lowest BCUT2D eigenvalue weighted by Gasteiger charge is -2.61. The third-order valence-electron chi connectivity index (χ3n) is 7.56. The number of ether oxygens (including phenoxy) is 3. The molecule has 1 aliphatic heterocycles. The van der Waals surface area contributed by atoms with Gasteiger partial charge in [-0.3, -0.25) is 9.59 Å². The lowest BCUT2D eigenvalue weighted by molar-refractivity contribution is -0.210. The fraction of sp³-hybridized carbons (Fsp3) is 0.609. The molecule has 0 aromatic carbocycles. The average molecular weight is 432 g/mol. The van der Waals surface area contributed by atoms with Crippen LogP contribution in [0.3, 0.4) is 0 Å². The number of aliphatic hydroxyl groups excluding tert-OH is 1. The van der Waals surface area contributed by atoms with E-state index < -0.39 is 52.9 Å². The second-order valence-corrected chi connectivity index (χ2v) is 9.32. The number of rotatable bonds is 3. The largest absolute Gasteiger partial charge is 0.472 e. The lowest BCUT2D eigenvalue weighted by atomic mass is 9.44. The summed E-state index contributed by atoms with van der Waals surface area (Å²) < 4.78 is 21.3. The molecule has 0 bridgehead atoms. The molecule has 168 valence electrons. The molecular formula is C23H28O8. The van der Waals surface area contributed by atoms with Gasteiger partial charge in [-0.1, -0.05) is 13.8 Å². The van der Waals surface area contributed by atoms with Crippen LogP contribution in [0.5, 0.6) is 0 Å².